The van der Waals surface area contributed by atoms with Gasteiger partial charge < -0.3 is 26.4 Å². The van der Waals surface area contributed by atoms with Gasteiger partial charge in [-0.05, 0) is 25.8 Å². The van der Waals surface area contributed by atoms with E-state index in [1.54, 1.807) is 0 Å². The number of hydrogen-bond donors (Lipinski definition) is 4. The lowest BCUT2D eigenvalue weighted by molar-refractivity contribution is -0.140. The average Bonchev–Trinajstić information content (AvgIpc) is 2.40. The third kappa shape index (κ3) is 6.44. The van der Waals surface area contributed by atoms with Crippen LogP contribution < -0.4 is 16.4 Å². The summed E-state index contributed by atoms with van der Waals surface area (Å²) in [5.41, 5.74) is 4.96. The van der Waals surface area contributed by atoms with Gasteiger partial charge in [0.15, 0.2) is 0 Å². The smallest absolute Gasteiger partial charge is 0.326 e. The van der Waals surface area contributed by atoms with Gasteiger partial charge in [-0.15, -0.1) is 0 Å². The molecule has 1 fully saturated rings. The molecule has 8 nitrogen and oxygen atoms in total. The number of carboxylic acid groups (broad SMARTS) is 1. The van der Waals surface area contributed by atoms with Crippen molar-refractivity contribution < 1.29 is 19.5 Å². The molecule has 0 spiro atoms. The maximum absolute atomic E-state index is 11.8. The zero-order valence-electron chi connectivity index (χ0n) is 12.3. The number of primary amides is 1. The summed E-state index contributed by atoms with van der Waals surface area (Å²) in [4.78, 5) is 35.8. The van der Waals surface area contributed by atoms with Crippen molar-refractivity contribution in [3.8, 4) is 0 Å². The molecule has 21 heavy (non-hydrogen) atoms. The quantitative estimate of drug-likeness (QED) is 0.504. The third-order valence-electron chi connectivity index (χ3n) is 3.47. The van der Waals surface area contributed by atoms with Gasteiger partial charge in [0.05, 0.1) is 6.42 Å². The molecule has 1 saturated heterocycles. The highest BCUT2D eigenvalue weighted by atomic mass is 16.4. The molecule has 120 valence electrons. The van der Waals surface area contributed by atoms with Crippen LogP contribution in [-0.4, -0.2) is 59.6 Å². The fraction of sp³-hybridized carbons (Fsp3) is 0.769. The van der Waals surface area contributed by atoms with E-state index in [1.807, 2.05) is 0 Å². The topological polar surface area (TPSA) is 125 Å². The molecule has 8 heteroatoms. The second kappa shape index (κ2) is 8.46. The molecule has 5 N–H and O–H groups in total. The Hall–Kier alpha value is -1.83. The van der Waals surface area contributed by atoms with Gasteiger partial charge in [0, 0.05) is 19.1 Å². The number of piperidine rings is 1. The summed E-state index contributed by atoms with van der Waals surface area (Å²) in [7, 11) is 0. The summed E-state index contributed by atoms with van der Waals surface area (Å²) in [6, 6.07) is -1.83. The molecule has 1 aliphatic rings. The number of carboxylic acids is 1. The minimum atomic E-state index is -1.29. The van der Waals surface area contributed by atoms with Gasteiger partial charge in [-0.2, -0.15) is 0 Å². The Morgan fingerprint density at radius 1 is 1.33 bits per heavy atom. The minimum absolute atomic E-state index is 0.0288. The largest absolute Gasteiger partial charge is 0.480 e. The molecule has 1 aliphatic heterocycles. The SMILES string of the molecule is CCCN1CCC(NC(=O)N[C@@H](CC(N)=O)C(=O)O)CC1. The maximum atomic E-state index is 11.8. The summed E-state index contributed by atoms with van der Waals surface area (Å²) in [6.45, 7) is 5.02. The van der Waals surface area contributed by atoms with Crippen LogP contribution in [0.4, 0.5) is 4.79 Å². The Labute approximate surface area is 124 Å². The monoisotopic (exact) mass is 300 g/mol. The first-order valence-corrected chi connectivity index (χ1v) is 7.22. The number of urea groups is 1. The van der Waals surface area contributed by atoms with Gasteiger partial charge in [-0.3, -0.25) is 4.79 Å². The molecular weight excluding hydrogens is 276 g/mol. The lowest BCUT2D eigenvalue weighted by Crippen LogP contribution is -2.52. The molecule has 0 bridgehead atoms. The normalized spacial score (nSPS) is 18.0. The molecule has 3 amide bonds. The summed E-state index contributed by atoms with van der Waals surface area (Å²) in [5.74, 6) is -2.04. The van der Waals surface area contributed by atoms with Crippen LogP contribution in [0.2, 0.25) is 0 Å². The maximum Gasteiger partial charge on any atom is 0.326 e. The van der Waals surface area contributed by atoms with E-state index in [0.29, 0.717) is 0 Å². The van der Waals surface area contributed by atoms with Crippen LogP contribution in [0, 0.1) is 0 Å². The number of nitrogens with one attached hydrogen (secondary N) is 2. The van der Waals surface area contributed by atoms with Gasteiger partial charge in [0.1, 0.15) is 6.04 Å². The predicted octanol–water partition coefficient (Wildman–Crippen LogP) is -0.511. The first-order valence-electron chi connectivity index (χ1n) is 7.22. The lowest BCUT2D eigenvalue weighted by Gasteiger charge is -2.32. The van der Waals surface area contributed by atoms with Crippen molar-refractivity contribution in [1.82, 2.24) is 15.5 Å². The Morgan fingerprint density at radius 3 is 2.43 bits per heavy atom. The van der Waals surface area contributed by atoms with Crippen molar-refractivity contribution in [2.75, 3.05) is 19.6 Å². The molecule has 0 unspecified atom stereocenters. The fourth-order valence-corrected chi connectivity index (χ4v) is 2.40. The Morgan fingerprint density at radius 2 is 1.95 bits per heavy atom. The third-order valence-corrected chi connectivity index (χ3v) is 3.47. The Balaban J connectivity index is 2.36. The van der Waals surface area contributed by atoms with Crippen molar-refractivity contribution in [2.24, 2.45) is 5.73 Å². The molecule has 0 aromatic carbocycles. The van der Waals surface area contributed by atoms with Crippen LogP contribution in [0.3, 0.4) is 0 Å². The fourth-order valence-electron chi connectivity index (χ4n) is 2.40. The molecule has 1 rings (SSSR count). The number of carbonyl (C=O) groups is 3. The van der Waals surface area contributed by atoms with Crippen molar-refractivity contribution in [2.45, 2.75) is 44.7 Å². The second-order valence-electron chi connectivity index (χ2n) is 5.29. The van der Waals surface area contributed by atoms with Gasteiger partial charge in [-0.25, -0.2) is 9.59 Å². The zero-order valence-corrected chi connectivity index (χ0v) is 12.3. The molecular formula is C13H24N4O4. The number of hydrogen-bond acceptors (Lipinski definition) is 4. The first kappa shape index (κ1) is 17.2. The number of likely N-dealkylation sites (tertiary alicyclic amines) is 1. The Bertz CT molecular complexity index is 380. The number of nitrogens with two attached hydrogens (primary N) is 1. The van der Waals surface area contributed by atoms with Crippen molar-refractivity contribution in [1.29, 1.82) is 0 Å². The average molecular weight is 300 g/mol. The highest BCUT2D eigenvalue weighted by Crippen LogP contribution is 2.10. The van der Waals surface area contributed by atoms with Crippen LogP contribution in [0.1, 0.15) is 32.6 Å². The van der Waals surface area contributed by atoms with Gasteiger partial charge in [-0.1, -0.05) is 6.92 Å². The zero-order chi connectivity index (χ0) is 15.8. The predicted molar refractivity (Wildman–Crippen MR) is 76.7 cm³/mol. The van der Waals surface area contributed by atoms with Crippen LogP contribution >= 0.6 is 0 Å². The summed E-state index contributed by atoms with van der Waals surface area (Å²) in [6.07, 6.45) is 2.35. The summed E-state index contributed by atoms with van der Waals surface area (Å²) < 4.78 is 0. The van der Waals surface area contributed by atoms with Crippen molar-refractivity contribution >= 4 is 17.9 Å². The van der Waals surface area contributed by atoms with Crippen LogP contribution in [0.15, 0.2) is 0 Å². The van der Waals surface area contributed by atoms with Crippen molar-refractivity contribution in [3.63, 3.8) is 0 Å². The van der Waals surface area contributed by atoms with E-state index in [2.05, 4.69) is 22.5 Å². The van der Waals surface area contributed by atoms with Gasteiger partial charge in [0.2, 0.25) is 5.91 Å². The van der Waals surface area contributed by atoms with Gasteiger partial charge >= 0.3 is 12.0 Å². The highest BCUT2D eigenvalue weighted by molar-refractivity contribution is 5.87. The van der Waals surface area contributed by atoms with E-state index in [4.69, 9.17) is 10.8 Å². The number of aliphatic carboxylic acids is 1. The molecule has 0 radical (unpaired) electrons. The Kier molecular flexibility index (Phi) is 6.93. The summed E-state index contributed by atoms with van der Waals surface area (Å²) in [5, 5.41) is 13.9. The molecule has 0 saturated carbocycles. The highest BCUT2D eigenvalue weighted by Gasteiger charge is 2.24. The van der Waals surface area contributed by atoms with Crippen LogP contribution in [0.5, 0.6) is 0 Å². The molecule has 1 heterocycles. The molecule has 1 atom stereocenters. The van der Waals surface area contributed by atoms with E-state index in [9.17, 15) is 14.4 Å². The van der Waals surface area contributed by atoms with E-state index < -0.39 is 30.4 Å². The standard InChI is InChI=1S/C13H24N4O4/c1-2-5-17-6-3-9(4-7-17)15-13(21)16-10(12(19)20)8-11(14)18/h9-10H,2-8H2,1H3,(H2,14,18)(H,19,20)(H2,15,16,21)/t10-/m0/s1. The minimum Gasteiger partial charge on any atom is -0.480 e. The van der Waals surface area contributed by atoms with Crippen LogP contribution in [0.25, 0.3) is 0 Å². The number of amides is 3. The van der Waals surface area contributed by atoms with Gasteiger partial charge in [0.25, 0.3) is 0 Å². The number of rotatable bonds is 7. The van der Waals surface area contributed by atoms with Crippen molar-refractivity contribution in [3.05, 3.63) is 0 Å². The summed E-state index contributed by atoms with van der Waals surface area (Å²) >= 11 is 0. The van der Waals surface area contributed by atoms with E-state index in [-0.39, 0.29) is 6.04 Å². The first-order chi connectivity index (χ1) is 9.92. The van der Waals surface area contributed by atoms with Crippen LogP contribution in [-0.2, 0) is 9.59 Å². The molecule has 0 aromatic heterocycles. The molecule has 0 aliphatic carbocycles. The number of nitrogens with zero attached hydrogens (tertiary/aromatic N) is 1. The lowest BCUT2D eigenvalue weighted by atomic mass is 10.1. The van der Waals surface area contributed by atoms with E-state index >= 15 is 0 Å². The van der Waals surface area contributed by atoms with E-state index in [1.165, 1.54) is 0 Å². The second-order valence-corrected chi connectivity index (χ2v) is 5.29. The van der Waals surface area contributed by atoms with E-state index in [0.717, 1.165) is 38.9 Å². The molecule has 0 aromatic rings. The number of carbonyl (C=O) groups excluding carboxylic acids is 2.